The summed E-state index contributed by atoms with van der Waals surface area (Å²) in [5.41, 5.74) is 10.2. The van der Waals surface area contributed by atoms with E-state index >= 15 is 0 Å². The molecule has 5 unspecified atom stereocenters. The number of carbonyl (C=O) groups is 4. The summed E-state index contributed by atoms with van der Waals surface area (Å²) in [4.78, 5) is 52.9. The molecule has 0 spiro atoms. The topological polar surface area (TPSA) is 242 Å². The van der Waals surface area contributed by atoms with Gasteiger partial charge in [-0.1, -0.05) is 13.0 Å². The van der Waals surface area contributed by atoms with Gasteiger partial charge in [-0.15, -0.1) is 0 Å². The van der Waals surface area contributed by atoms with Gasteiger partial charge in [0.05, 0.1) is 24.8 Å². The highest BCUT2D eigenvalue weighted by Crippen LogP contribution is 2.57. The highest BCUT2D eigenvalue weighted by molar-refractivity contribution is 5.82. The molecule has 16 heteroatoms. The number of hydrogen-bond donors (Lipinski definition) is 7. The fraction of sp³-hybridized carbons (Fsp3) is 0.639. The van der Waals surface area contributed by atoms with Crippen LogP contribution in [0.25, 0.3) is 0 Å². The maximum absolute atomic E-state index is 13.6. The zero-order valence-corrected chi connectivity index (χ0v) is 31.0. The summed E-state index contributed by atoms with van der Waals surface area (Å²) in [6.07, 6.45) is 5.78. The van der Waals surface area contributed by atoms with Gasteiger partial charge in [-0.25, -0.2) is 4.79 Å². The number of aromatic hydroxyl groups is 1. The van der Waals surface area contributed by atoms with Gasteiger partial charge < -0.3 is 61.5 Å². The number of hydrogen-bond acceptors (Lipinski definition) is 11. The third kappa shape index (κ3) is 9.52. The Hall–Kier alpha value is -4.41. The summed E-state index contributed by atoms with van der Waals surface area (Å²) in [7, 11) is 5.24. The molecule has 2 amide bonds. The summed E-state index contributed by atoms with van der Waals surface area (Å²) in [6, 6.07) is 2.87. The molecule has 0 bridgehead atoms. The molecule has 2 heterocycles. The summed E-state index contributed by atoms with van der Waals surface area (Å²) in [6.45, 7) is 6.00. The minimum absolute atomic E-state index is 0.0241. The van der Waals surface area contributed by atoms with Crippen LogP contribution >= 0.6 is 0 Å². The molecule has 52 heavy (non-hydrogen) atoms. The summed E-state index contributed by atoms with van der Waals surface area (Å²) in [5.74, 6) is -0.356. The zero-order chi connectivity index (χ0) is 38.6. The van der Waals surface area contributed by atoms with Crippen LogP contribution in [0.4, 0.5) is 4.79 Å². The predicted octanol–water partition coefficient (Wildman–Crippen LogP) is 1.35. The van der Waals surface area contributed by atoms with E-state index in [2.05, 4.69) is 20.5 Å². The van der Waals surface area contributed by atoms with Crippen molar-refractivity contribution in [1.29, 1.82) is 0 Å². The van der Waals surface area contributed by atoms with Crippen LogP contribution < -0.4 is 26.8 Å². The highest BCUT2D eigenvalue weighted by atomic mass is 16.6. The van der Waals surface area contributed by atoms with Crippen LogP contribution in [0.3, 0.4) is 0 Å². The number of carboxylic acids is 1. The summed E-state index contributed by atoms with van der Waals surface area (Å²) in [5, 5.41) is 37.7. The van der Waals surface area contributed by atoms with Crippen molar-refractivity contribution in [1.82, 2.24) is 20.4 Å². The number of nitrogens with zero attached hydrogens (tertiary/aromatic N) is 3. The fourth-order valence-electron chi connectivity index (χ4n) is 7.68. The van der Waals surface area contributed by atoms with Gasteiger partial charge in [-0.2, -0.15) is 0 Å². The Labute approximate surface area is 305 Å². The third-order valence-corrected chi connectivity index (χ3v) is 10.7. The van der Waals surface area contributed by atoms with Crippen LogP contribution in [-0.4, -0.2) is 126 Å². The van der Waals surface area contributed by atoms with E-state index in [9.17, 15) is 29.4 Å². The van der Waals surface area contributed by atoms with Crippen LogP contribution in [-0.2, 0) is 31.0 Å². The lowest BCUT2D eigenvalue weighted by molar-refractivity contribution is -0.138. The number of guanidine groups is 1. The van der Waals surface area contributed by atoms with E-state index in [4.69, 9.17) is 26.0 Å². The normalized spacial score (nSPS) is 24.7. The molecule has 0 radical (unpaired) electrons. The Morgan fingerprint density at radius 2 is 1.96 bits per heavy atom. The number of carbonyl (C=O) groups excluding carboxylic acids is 3. The van der Waals surface area contributed by atoms with Gasteiger partial charge in [0.15, 0.2) is 17.5 Å². The first-order valence-electron chi connectivity index (χ1n) is 17.8. The minimum Gasteiger partial charge on any atom is -0.504 e. The molecule has 16 nitrogen and oxygen atoms in total. The first-order valence-corrected chi connectivity index (χ1v) is 17.8. The molecule has 5 atom stereocenters. The van der Waals surface area contributed by atoms with Crippen molar-refractivity contribution in [3.63, 3.8) is 0 Å². The molecule has 1 aromatic carbocycles. The number of amides is 2. The van der Waals surface area contributed by atoms with Crippen molar-refractivity contribution in [3.05, 3.63) is 35.1 Å². The molecule has 9 N–H and O–H groups in total. The molecule has 1 aromatic rings. The molecule has 0 saturated carbocycles. The monoisotopic (exact) mass is 731 g/mol. The Morgan fingerprint density at radius 1 is 1.23 bits per heavy atom. The van der Waals surface area contributed by atoms with Crippen molar-refractivity contribution in [2.24, 2.45) is 16.5 Å². The molecule has 2 saturated heterocycles. The molecule has 3 aliphatic rings. The van der Waals surface area contributed by atoms with Crippen molar-refractivity contribution in [3.8, 4) is 11.5 Å². The van der Waals surface area contributed by atoms with Gasteiger partial charge in [0.25, 0.3) is 0 Å². The molecule has 0 aromatic heterocycles. The first kappa shape index (κ1) is 42.0. The second kappa shape index (κ2) is 18.9. The van der Waals surface area contributed by atoms with E-state index in [1.54, 1.807) is 18.0 Å². The van der Waals surface area contributed by atoms with Crippen LogP contribution in [0.1, 0.15) is 76.3 Å². The van der Waals surface area contributed by atoms with Crippen molar-refractivity contribution < 1.29 is 44.0 Å². The number of aliphatic hydroxyl groups is 1. The van der Waals surface area contributed by atoms with E-state index in [0.29, 0.717) is 75.2 Å². The number of allylic oxidation sites excluding steroid dienone is 1. The second-order valence-corrected chi connectivity index (χ2v) is 13.6. The fourth-order valence-corrected chi connectivity index (χ4v) is 7.68. The molecule has 2 fully saturated rings. The number of aliphatic imine (C=N–C) groups is 1. The Balaban J connectivity index is 0.00000112. The van der Waals surface area contributed by atoms with Gasteiger partial charge in [0, 0.05) is 49.5 Å². The quantitative estimate of drug-likeness (QED) is 0.0471. The van der Waals surface area contributed by atoms with E-state index in [0.717, 1.165) is 18.4 Å². The van der Waals surface area contributed by atoms with Crippen molar-refractivity contribution >= 4 is 30.2 Å². The van der Waals surface area contributed by atoms with Crippen LogP contribution in [0, 0.1) is 0 Å². The van der Waals surface area contributed by atoms with Crippen LogP contribution in [0.2, 0.25) is 0 Å². The highest BCUT2D eigenvalue weighted by Gasteiger charge is 2.61. The number of likely N-dealkylation sites (tertiary alicyclic amines) is 2. The lowest BCUT2D eigenvalue weighted by Crippen LogP contribution is -2.68. The van der Waals surface area contributed by atoms with Crippen molar-refractivity contribution in [2.45, 2.75) is 101 Å². The lowest BCUT2D eigenvalue weighted by Gasteiger charge is -2.59. The smallest absolute Gasteiger partial charge is 0.415 e. The summed E-state index contributed by atoms with van der Waals surface area (Å²) >= 11 is 0. The van der Waals surface area contributed by atoms with E-state index in [1.165, 1.54) is 7.11 Å². The number of likely N-dealkylation sites (N-methyl/N-ethyl adjacent to an activating group) is 2. The number of nitrogens with two attached hydrogens (primary N) is 2. The second-order valence-electron chi connectivity index (χ2n) is 13.6. The first-order chi connectivity index (χ1) is 24.7. The Kier molecular flexibility index (Phi) is 15.3. The average Bonchev–Trinajstić information content (AvgIpc) is 3.59. The number of carboxylic acid groups (broad SMARTS) is 1. The SMILES string of the molecule is CCc1ccc(OC)c(O)c1C12CCN(C)C(C)C1(O)CC=C(OC(=O)N1CCCC1CNC(=O)C(CCCN=C(N)N)NC)C2.O=CCC(=O)O. The third-order valence-electron chi connectivity index (χ3n) is 10.7. The number of aldehydes is 1. The molecular formula is C36H57N7O9. The number of ether oxygens (including phenoxy) is 2. The van der Waals surface area contributed by atoms with Gasteiger partial charge >= 0.3 is 12.1 Å². The Morgan fingerprint density at radius 3 is 2.56 bits per heavy atom. The molecular weight excluding hydrogens is 674 g/mol. The number of rotatable bonds is 14. The van der Waals surface area contributed by atoms with Gasteiger partial charge in [0.1, 0.15) is 18.5 Å². The molecule has 2 aliphatic heterocycles. The lowest BCUT2D eigenvalue weighted by atomic mass is 9.54. The van der Waals surface area contributed by atoms with Crippen molar-refractivity contribution in [2.75, 3.05) is 47.4 Å². The standard InChI is InChI=1S/C33H53N7O6.C3H4O3/c1-6-22-11-12-26(45-5)28(41)27(22)32-15-18-39(4)21(2)33(32,44)14-13-24(19-32)46-31(43)40-17-8-9-23(40)20-38-29(42)25(36-3)10-7-16-37-30(34)35;4-2-1-3(5)6/h11-13,21,23,25,36,41,44H,6-10,14-20H2,1-5H3,(H,38,42)(H4,34,35,37);2H,1H2,(H,5,6). The number of aryl methyl sites for hydroxylation is 1. The van der Waals surface area contributed by atoms with Gasteiger partial charge in [0.2, 0.25) is 5.91 Å². The van der Waals surface area contributed by atoms with E-state index < -0.39 is 29.1 Å². The maximum atomic E-state index is 13.6. The molecule has 4 rings (SSSR count). The predicted molar refractivity (Wildman–Crippen MR) is 195 cm³/mol. The van der Waals surface area contributed by atoms with E-state index in [1.807, 2.05) is 33.0 Å². The van der Waals surface area contributed by atoms with E-state index in [-0.39, 0.29) is 49.0 Å². The maximum Gasteiger partial charge on any atom is 0.415 e. The largest absolute Gasteiger partial charge is 0.504 e. The number of piperidine rings is 1. The number of nitrogens with one attached hydrogen (secondary N) is 2. The summed E-state index contributed by atoms with van der Waals surface area (Å²) < 4.78 is 11.6. The number of aliphatic carboxylic acids is 1. The molecule has 1 aliphatic carbocycles. The number of phenols is 1. The Bertz CT molecular complexity index is 1480. The zero-order valence-electron chi connectivity index (χ0n) is 31.0. The minimum atomic E-state index is -1.22. The number of fused-ring (bicyclic) bond motifs is 1. The number of phenolic OH excluding ortho intramolecular Hbond substituents is 1. The molecule has 290 valence electrons. The average molecular weight is 732 g/mol. The number of benzene rings is 1. The van der Waals surface area contributed by atoms with Crippen LogP contribution in [0.5, 0.6) is 11.5 Å². The van der Waals surface area contributed by atoms with Crippen LogP contribution in [0.15, 0.2) is 29.0 Å². The number of methoxy groups -OCH3 is 1. The van der Waals surface area contributed by atoms with Gasteiger partial charge in [-0.3, -0.25) is 14.6 Å². The van der Waals surface area contributed by atoms with Gasteiger partial charge in [-0.05, 0) is 83.8 Å².